The largest absolute Gasteiger partial charge is 0.480 e. The first-order chi connectivity index (χ1) is 9.08. The van der Waals surface area contributed by atoms with Gasteiger partial charge in [-0.05, 0) is 31.5 Å². The molecule has 0 bridgehead atoms. The number of nitrogens with zero attached hydrogens (tertiary/aromatic N) is 1. The van der Waals surface area contributed by atoms with Crippen LogP contribution in [-0.2, 0) is 9.59 Å². The Labute approximate surface area is 116 Å². The van der Waals surface area contributed by atoms with Crippen molar-refractivity contribution in [3.63, 3.8) is 0 Å². The van der Waals surface area contributed by atoms with Crippen molar-refractivity contribution in [1.82, 2.24) is 4.90 Å². The van der Waals surface area contributed by atoms with Crippen molar-refractivity contribution in [3.05, 3.63) is 29.3 Å². The van der Waals surface area contributed by atoms with Gasteiger partial charge >= 0.3 is 5.97 Å². The number of carboxylic acid groups (broad SMARTS) is 1. The zero-order valence-corrected chi connectivity index (χ0v) is 11.1. The number of carbonyl (C=O) groups excluding carboxylic acids is 1. The number of nitrogens with one attached hydrogen (secondary N) is 1. The number of rotatable bonds is 4. The maximum Gasteiger partial charge on any atom is 0.320 e. The van der Waals surface area contributed by atoms with Gasteiger partial charge < -0.3 is 10.4 Å². The fourth-order valence-corrected chi connectivity index (χ4v) is 2.41. The summed E-state index contributed by atoms with van der Waals surface area (Å²) in [5, 5.41) is 12.2. The SMILES string of the molecule is O=C(CN1CCCC1C(=O)O)Nc1ccccc1Cl. The minimum absolute atomic E-state index is 0.0716. The lowest BCUT2D eigenvalue weighted by Gasteiger charge is -2.20. The molecule has 2 N–H and O–H groups in total. The summed E-state index contributed by atoms with van der Waals surface area (Å²) in [4.78, 5) is 24.6. The molecule has 1 aromatic rings. The second-order valence-electron chi connectivity index (χ2n) is 4.49. The molecule has 1 aliphatic heterocycles. The quantitative estimate of drug-likeness (QED) is 0.884. The summed E-state index contributed by atoms with van der Waals surface area (Å²) in [5.41, 5.74) is 0.542. The molecule has 1 fully saturated rings. The Balaban J connectivity index is 1.95. The van der Waals surface area contributed by atoms with Gasteiger partial charge in [-0.2, -0.15) is 0 Å². The molecule has 102 valence electrons. The number of amides is 1. The predicted octanol–water partition coefficient (Wildman–Crippen LogP) is 1.83. The summed E-state index contributed by atoms with van der Waals surface area (Å²) in [6.45, 7) is 0.703. The third-order valence-electron chi connectivity index (χ3n) is 3.14. The van der Waals surface area contributed by atoms with E-state index in [1.54, 1.807) is 29.2 Å². The van der Waals surface area contributed by atoms with Crippen molar-refractivity contribution < 1.29 is 14.7 Å². The van der Waals surface area contributed by atoms with Gasteiger partial charge in [0.2, 0.25) is 5.91 Å². The van der Waals surface area contributed by atoms with Gasteiger partial charge in [0.25, 0.3) is 0 Å². The molecule has 0 spiro atoms. The molecule has 1 amide bonds. The number of para-hydroxylation sites is 1. The van der Waals surface area contributed by atoms with E-state index in [0.717, 1.165) is 6.42 Å². The van der Waals surface area contributed by atoms with Crippen LogP contribution >= 0.6 is 11.6 Å². The number of hydrogen-bond acceptors (Lipinski definition) is 3. The van der Waals surface area contributed by atoms with E-state index in [1.165, 1.54) is 0 Å². The lowest BCUT2D eigenvalue weighted by molar-refractivity contribution is -0.142. The summed E-state index contributed by atoms with van der Waals surface area (Å²) >= 11 is 5.94. The fourth-order valence-electron chi connectivity index (χ4n) is 2.23. The molecular formula is C13H15ClN2O3. The lowest BCUT2D eigenvalue weighted by Crippen LogP contribution is -2.40. The molecule has 0 aromatic heterocycles. The summed E-state index contributed by atoms with van der Waals surface area (Å²) in [5.74, 6) is -1.12. The molecule has 6 heteroatoms. The number of aliphatic carboxylic acids is 1. The zero-order valence-electron chi connectivity index (χ0n) is 10.3. The van der Waals surface area contributed by atoms with Gasteiger partial charge in [0.15, 0.2) is 0 Å². The minimum atomic E-state index is -0.872. The first-order valence-electron chi connectivity index (χ1n) is 6.09. The van der Waals surface area contributed by atoms with Gasteiger partial charge in [0.1, 0.15) is 6.04 Å². The number of likely N-dealkylation sites (tertiary alicyclic amines) is 1. The summed E-state index contributed by atoms with van der Waals surface area (Å²) in [6.07, 6.45) is 1.39. The van der Waals surface area contributed by atoms with Gasteiger partial charge in [-0.25, -0.2) is 0 Å². The standard InChI is InChI=1S/C13H15ClN2O3/c14-9-4-1-2-5-10(9)15-12(17)8-16-7-3-6-11(16)13(18)19/h1-2,4-5,11H,3,6-8H2,(H,15,17)(H,18,19). The Kier molecular flexibility index (Phi) is 4.39. The van der Waals surface area contributed by atoms with E-state index in [0.29, 0.717) is 23.7 Å². The smallest absolute Gasteiger partial charge is 0.320 e. The van der Waals surface area contributed by atoms with Crippen molar-refractivity contribution in [2.45, 2.75) is 18.9 Å². The van der Waals surface area contributed by atoms with Crippen LogP contribution in [0.2, 0.25) is 5.02 Å². The van der Waals surface area contributed by atoms with E-state index in [9.17, 15) is 9.59 Å². The Hall–Kier alpha value is -1.59. The van der Waals surface area contributed by atoms with Crippen molar-refractivity contribution in [3.8, 4) is 0 Å². The van der Waals surface area contributed by atoms with Crippen LogP contribution in [0.1, 0.15) is 12.8 Å². The highest BCUT2D eigenvalue weighted by atomic mass is 35.5. The first-order valence-corrected chi connectivity index (χ1v) is 6.47. The van der Waals surface area contributed by atoms with Crippen molar-refractivity contribution in [1.29, 1.82) is 0 Å². The average molecular weight is 283 g/mol. The van der Waals surface area contributed by atoms with Crippen LogP contribution in [-0.4, -0.2) is 41.0 Å². The van der Waals surface area contributed by atoms with Gasteiger partial charge in [-0.1, -0.05) is 23.7 Å². The zero-order chi connectivity index (χ0) is 13.8. The van der Waals surface area contributed by atoms with Crippen LogP contribution in [0, 0.1) is 0 Å². The van der Waals surface area contributed by atoms with Gasteiger partial charge in [0, 0.05) is 0 Å². The summed E-state index contributed by atoms with van der Waals surface area (Å²) in [7, 11) is 0. The fraction of sp³-hybridized carbons (Fsp3) is 0.385. The van der Waals surface area contributed by atoms with Crippen LogP contribution in [0.5, 0.6) is 0 Å². The Morgan fingerprint density at radius 3 is 2.84 bits per heavy atom. The van der Waals surface area contributed by atoms with E-state index < -0.39 is 12.0 Å². The van der Waals surface area contributed by atoms with Crippen LogP contribution in [0.25, 0.3) is 0 Å². The first kappa shape index (κ1) is 13.8. The van der Waals surface area contributed by atoms with Crippen molar-refractivity contribution in [2.24, 2.45) is 0 Å². The highest BCUT2D eigenvalue weighted by Crippen LogP contribution is 2.21. The number of benzene rings is 1. The second-order valence-corrected chi connectivity index (χ2v) is 4.90. The maximum atomic E-state index is 11.9. The van der Waals surface area contributed by atoms with Crippen molar-refractivity contribution in [2.75, 3.05) is 18.4 Å². The van der Waals surface area contributed by atoms with Crippen LogP contribution in [0.3, 0.4) is 0 Å². The molecule has 2 rings (SSSR count). The molecule has 1 unspecified atom stereocenters. The maximum absolute atomic E-state index is 11.9. The molecule has 1 saturated heterocycles. The number of carbonyl (C=O) groups is 2. The molecule has 0 aliphatic carbocycles. The normalized spacial score (nSPS) is 19.3. The van der Waals surface area contributed by atoms with Crippen LogP contribution in [0.15, 0.2) is 24.3 Å². The third-order valence-corrected chi connectivity index (χ3v) is 3.47. The number of halogens is 1. The highest BCUT2D eigenvalue weighted by molar-refractivity contribution is 6.33. The molecule has 1 heterocycles. The molecule has 0 saturated carbocycles. The van der Waals surface area contributed by atoms with E-state index in [4.69, 9.17) is 16.7 Å². The molecule has 5 nitrogen and oxygen atoms in total. The second kappa shape index (κ2) is 6.04. The highest BCUT2D eigenvalue weighted by Gasteiger charge is 2.31. The molecular weight excluding hydrogens is 268 g/mol. The van der Waals surface area contributed by atoms with Crippen LogP contribution in [0.4, 0.5) is 5.69 Å². The number of carboxylic acids is 1. The third kappa shape index (κ3) is 3.45. The molecule has 19 heavy (non-hydrogen) atoms. The minimum Gasteiger partial charge on any atom is -0.480 e. The van der Waals surface area contributed by atoms with E-state index in [2.05, 4.69) is 5.32 Å². The predicted molar refractivity (Wildman–Crippen MR) is 72.3 cm³/mol. The van der Waals surface area contributed by atoms with Gasteiger partial charge in [0.05, 0.1) is 17.3 Å². The Morgan fingerprint density at radius 2 is 2.16 bits per heavy atom. The van der Waals surface area contributed by atoms with Crippen molar-refractivity contribution >= 4 is 29.2 Å². The van der Waals surface area contributed by atoms with Gasteiger partial charge in [-0.3, -0.25) is 14.5 Å². The molecule has 1 aromatic carbocycles. The lowest BCUT2D eigenvalue weighted by atomic mass is 10.2. The summed E-state index contributed by atoms with van der Waals surface area (Å²) < 4.78 is 0. The molecule has 1 atom stereocenters. The average Bonchev–Trinajstić information content (AvgIpc) is 2.80. The topological polar surface area (TPSA) is 69.6 Å². The van der Waals surface area contributed by atoms with Crippen LogP contribution < -0.4 is 5.32 Å². The van der Waals surface area contributed by atoms with Gasteiger partial charge in [-0.15, -0.1) is 0 Å². The Bertz CT molecular complexity index is 493. The van der Waals surface area contributed by atoms with E-state index in [1.807, 2.05) is 0 Å². The number of anilines is 1. The van der Waals surface area contributed by atoms with E-state index >= 15 is 0 Å². The van der Waals surface area contributed by atoms with E-state index in [-0.39, 0.29) is 12.5 Å². The summed E-state index contributed by atoms with van der Waals surface area (Å²) in [6, 6.07) is 6.39. The molecule has 0 radical (unpaired) electrons. The monoisotopic (exact) mass is 282 g/mol. The number of hydrogen-bond donors (Lipinski definition) is 2. The molecule has 1 aliphatic rings. The Morgan fingerprint density at radius 1 is 1.42 bits per heavy atom.